The number of aromatic amines is 1. The van der Waals surface area contributed by atoms with E-state index in [4.69, 9.17) is 5.11 Å². The largest absolute Gasteiger partial charge is 0.396 e. The van der Waals surface area contributed by atoms with Gasteiger partial charge in [-0.05, 0) is 31.4 Å². The van der Waals surface area contributed by atoms with E-state index >= 15 is 0 Å². The molecule has 0 fully saturated rings. The Kier molecular flexibility index (Phi) is 5.34. The summed E-state index contributed by atoms with van der Waals surface area (Å²) in [5.41, 5.74) is 2.13. The molecule has 2 unspecified atom stereocenters. The van der Waals surface area contributed by atoms with Crippen LogP contribution in [-0.2, 0) is 0 Å². The van der Waals surface area contributed by atoms with E-state index in [0.717, 1.165) is 16.8 Å². The van der Waals surface area contributed by atoms with Crippen molar-refractivity contribution in [3.8, 4) is 11.1 Å². The summed E-state index contributed by atoms with van der Waals surface area (Å²) < 4.78 is 0. The van der Waals surface area contributed by atoms with E-state index in [1.165, 1.54) is 0 Å². The van der Waals surface area contributed by atoms with Gasteiger partial charge < -0.3 is 15.4 Å². The number of aliphatic hydroxyl groups is 1. The first kappa shape index (κ1) is 17.0. The van der Waals surface area contributed by atoms with Crippen molar-refractivity contribution in [2.45, 2.75) is 26.8 Å². The van der Waals surface area contributed by atoms with Crippen LogP contribution in [0.5, 0.6) is 0 Å². The zero-order valence-electron chi connectivity index (χ0n) is 13.6. The van der Waals surface area contributed by atoms with Crippen LogP contribution in [0.25, 0.3) is 11.1 Å². The molecule has 0 aliphatic rings. The van der Waals surface area contributed by atoms with Crippen LogP contribution >= 0.6 is 0 Å². The van der Waals surface area contributed by atoms with Gasteiger partial charge in [0.2, 0.25) is 0 Å². The number of hydrogen-bond donors (Lipinski definition) is 3. The summed E-state index contributed by atoms with van der Waals surface area (Å²) >= 11 is 0. The summed E-state index contributed by atoms with van der Waals surface area (Å²) in [5.74, 6) is -0.520. The van der Waals surface area contributed by atoms with Crippen LogP contribution in [0.1, 0.15) is 29.9 Å². The van der Waals surface area contributed by atoms with Crippen molar-refractivity contribution in [1.29, 1.82) is 0 Å². The van der Waals surface area contributed by atoms with Gasteiger partial charge in [0.15, 0.2) is 0 Å². The number of carbonyl (C=O) groups is 1. The highest BCUT2D eigenvalue weighted by Gasteiger charge is 2.18. The summed E-state index contributed by atoms with van der Waals surface area (Å²) in [6, 6.07) is 11.0. The van der Waals surface area contributed by atoms with E-state index in [1.54, 1.807) is 13.0 Å². The quantitative estimate of drug-likeness (QED) is 0.790. The van der Waals surface area contributed by atoms with Crippen molar-refractivity contribution >= 4 is 5.91 Å². The third-order valence-corrected chi connectivity index (χ3v) is 4.07. The van der Waals surface area contributed by atoms with Crippen LogP contribution in [0, 0.1) is 12.8 Å². The standard InChI is InChI=1S/C18H22N2O3/c1-11(10-21)12(2)19-17(22)16-9-15(13(3)20-18(16)23)14-7-5-4-6-8-14/h4-9,11-12,21H,10H2,1-3H3,(H,19,22)(H,20,23). The predicted molar refractivity (Wildman–Crippen MR) is 90.4 cm³/mol. The molecule has 2 rings (SSSR count). The number of carbonyl (C=O) groups excluding carboxylic acids is 1. The molecule has 2 atom stereocenters. The number of aliphatic hydroxyl groups excluding tert-OH is 1. The first-order valence-electron chi connectivity index (χ1n) is 7.65. The van der Waals surface area contributed by atoms with E-state index in [9.17, 15) is 9.59 Å². The maximum absolute atomic E-state index is 12.4. The normalized spacial score (nSPS) is 13.4. The Balaban J connectivity index is 2.36. The smallest absolute Gasteiger partial charge is 0.261 e. The van der Waals surface area contributed by atoms with Crippen LogP contribution < -0.4 is 10.9 Å². The van der Waals surface area contributed by atoms with Gasteiger partial charge in [0, 0.05) is 23.9 Å². The summed E-state index contributed by atoms with van der Waals surface area (Å²) in [6.07, 6.45) is 0. The van der Waals surface area contributed by atoms with Crippen LogP contribution in [0.15, 0.2) is 41.2 Å². The van der Waals surface area contributed by atoms with Gasteiger partial charge in [-0.3, -0.25) is 9.59 Å². The van der Waals surface area contributed by atoms with Crippen LogP contribution in [0.4, 0.5) is 0 Å². The number of H-pyrrole nitrogens is 1. The van der Waals surface area contributed by atoms with E-state index < -0.39 is 11.5 Å². The minimum Gasteiger partial charge on any atom is -0.396 e. The van der Waals surface area contributed by atoms with Crippen molar-refractivity contribution in [2.24, 2.45) is 5.92 Å². The molecule has 23 heavy (non-hydrogen) atoms. The van der Waals surface area contributed by atoms with Gasteiger partial charge >= 0.3 is 0 Å². The Morgan fingerprint density at radius 2 is 1.91 bits per heavy atom. The van der Waals surface area contributed by atoms with Crippen molar-refractivity contribution in [1.82, 2.24) is 10.3 Å². The van der Waals surface area contributed by atoms with E-state index in [0.29, 0.717) is 0 Å². The number of nitrogens with one attached hydrogen (secondary N) is 2. The Morgan fingerprint density at radius 1 is 1.26 bits per heavy atom. The Bertz CT molecular complexity index is 738. The Morgan fingerprint density at radius 3 is 2.52 bits per heavy atom. The van der Waals surface area contributed by atoms with Crippen LogP contribution in [0.3, 0.4) is 0 Å². The van der Waals surface area contributed by atoms with Crippen LogP contribution in [0.2, 0.25) is 0 Å². The van der Waals surface area contributed by atoms with Gasteiger partial charge in [-0.15, -0.1) is 0 Å². The molecule has 1 aromatic heterocycles. The minimum absolute atomic E-state index is 0.0268. The number of benzene rings is 1. The number of pyridine rings is 1. The molecule has 0 saturated carbocycles. The SMILES string of the molecule is Cc1[nH]c(=O)c(C(=O)NC(C)C(C)CO)cc1-c1ccccc1. The number of hydrogen-bond acceptors (Lipinski definition) is 3. The van der Waals surface area contributed by atoms with Crippen LogP contribution in [-0.4, -0.2) is 28.6 Å². The predicted octanol–water partition coefficient (Wildman–Crippen LogP) is 2.10. The summed E-state index contributed by atoms with van der Waals surface area (Å²) in [4.78, 5) is 27.2. The molecular weight excluding hydrogens is 292 g/mol. The number of aromatic nitrogens is 1. The molecule has 0 bridgehead atoms. The lowest BCUT2D eigenvalue weighted by Crippen LogP contribution is -2.40. The van der Waals surface area contributed by atoms with Gasteiger partial charge in [0.25, 0.3) is 11.5 Å². The van der Waals surface area contributed by atoms with E-state index in [1.807, 2.05) is 44.2 Å². The first-order valence-corrected chi connectivity index (χ1v) is 7.65. The van der Waals surface area contributed by atoms with Gasteiger partial charge in [-0.1, -0.05) is 37.3 Å². The lowest BCUT2D eigenvalue weighted by atomic mass is 10.0. The fourth-order valence-corrected chi connectivity index (χ4v) is 2.29. The number of rotatable bonds is 5. The fourth-order valence-electron chi connectivity index (χ4n) is 2.29. The molecule has 1 aromatic carbocycles. The van der Waals surface area contributed by atoms with Crippen molar-refractivity contribution < 1.29 is 9.90 Å². The Labute approximate surface area is 135 Å². The second kappa shape index (κ2) is 7.24. The molecule has 5 nitrogen and oxygen atoms in total. The zero-order chi connectivity index (χ0) is 17.0. The van der Waals surface area contributed by atoms with E-state index in [-0.39, 0.29) is 24.1 Å². The highest BCUT2D eigenvalue weighted by molar-refractivity contribution is 5.95. The van der Waals surface area contributed by atoms with Gasteiger partial charge in [-0.25, -0.2) is 0 Å². The zero-order valence-corrected chi connectivity index (χ0v) is 13.6. The van der Waals surface area contributed by atoms with Crippen molar-refractivity contribution in [2.75, 3.05) is 6.61 Å². The van der Waals surface area contributed by atoms with E-state index in [2.05, 4.69) is 10.3 Å². The molecule has 2 aromatic rings. The maximum atomic E-state index is 12.4. The topological polar surface area (TPSA) is 82.2 Å². The number of aryl methyl sites for hydroxylation is 1. The average Bonchev–Trinajstić information content (AvgIpc) is 2.54. The molecule has 3 N–H and O–H groups in total. The lowest BCUT2D eigenvalue weighted by molar-refractivity contribution is 0.0915. The fraction of sp³-hybridized carbons (Fsp3) is 0.333. The minimum atomic E-state index is -0.434. The second-order valence-corrected chi connectivity index (χ2v) is 5.84. The molecule has 122 valence electrons. The van der Waals surface area contributed by atoms with Gasteiger partial charge in [0.1, 0.15) is 5.56 Å². The second-order valence-electron chi connectivity index (χ2n) is 5.84. The monoisotopic (exact) mass is 314 g/mol. The van der Waals surface area contributed by atoms with Gasteiger partial charge in [-0.2, -0.15) is 0 Å². The summed E-state index contributed by atoms with van der Waals surface area (Å²) in [6.45, 7) is 5.42. The van der Waals surface area contributed by atoms with Crippen molar-refractivity contribution in [3.63, 3.8) is 0 Å². The molecule has 0 spiro atoms. The first-order chi connectivity index (χ1) is 10.9. The van der Waals surface area contributed by atoms with Gasteiger partial charge in [0.05, 0.1) is 0 Å². The molecule has 0 aliphatic heterocycles. The molecule has 0 radical (unpaired) electrons. The number of amides is 1. The maximum Gasteiger partial charge on any atom is 0.261 e. The average molecular weight is 314 g/mol. The molecule has 0 saturated heterocycles. The molecule has 1 amide bonds. The molecular formula is C18H22N2O3. The third-order valence-electron chi connectivity index (χ3n) is 4.07. The molecule has 0 aliphatic carbocycles. The summed E-state index contributed by atoms with van der Waals surface area (Å²) in [7, 11) is 0. The molecule has 1 heterocycles. The lowest BCUT2D eigenvalue weighted by Gasteiger charge is -2.19. The highest BCUT2D eigenvalue weighted by Crippen LogP contribution is 2.21. The third kappa shape index (κ3) is 3.87. The Hall–Kier alpha value is -2.40. The highest BCUT2D eigenvalue weighted by atomic mass is 16.3. The summed E-state index contributed by atoms with van der Waals surface area (Å²) in [5, 5.41) is 11.9. The van der Waals surface area contributed by atoms with Crippen molar-refractivity contribution in [3.05, 3.63) is 58.0 Å². The molecule has 5 heteroatoms.